The average Bonchev–Trinajstić information content (AvgIpc) is 2.25. The van der Waals surface area contributed by atoms with Crippen LogP contribution in [0.1, 0.15) is 6.92 Å². The Morgan fingerprint density at radius 3 is 2.89 bits per heavy atom. The highest BCUT2D eigenvalue weighted by Gasteiger charge is 2.07. The highest BCUT2D eigenvalue weighted by Crippen LogP contribution is 2.04. The summed E-state index contributed by atoms with van der Waals surface area (Å²) >= 11 is 0. The molecule has 2 heterocycles. The van der Waals surface area contributed by atoms with Crippen molar-refractivity contribution < 1.29 is 0 Å². The number of H-pyrrole nitrogens is 1. The van der Waals surface area contributed by atoms with Gasteiger partial charge in [0.1, 0.15) is 0 Å². The van der Waals surface area contributed by atoms with Gasteiger partial charge in [-0.15, -0.1) is 0 Å². The average molecular weight is 249 g/mol. The van der Waals surface area contributed by atoms with Crippen LogP contribution in [0.25, 0.3) is 5.82 Å². The number of aliphatic imine (C=N–C) groups is 1. The lowest BCUT2D eigenvalue weighted by Crippen LogP contribution is -2.35. The molecule has 18 heavy (non-hydrogen) atoms. The standard InChI is InChI=1S/C11H15N5O2/c1-8-6-15(2)7-12-5-9(13-8)16-4-3-10(17)14-11(16)18/h3-5,12H,6-7H2,1-2H3,(H,14,17,18)/b9-5+,13-8?. The quantitative estimate of drug-likeness (QED) is 0.686. The second-order valence-electron chi connectivity index (χ2n) is 4.21. The van der Waals surface area contributed by atoms with E-state index in [1.807, 2.05) is 14.0 Å². The Bertz CT molecular complexity index is 610. The lowest BCUT2D eigenvalue weighted by molar-refractivity contribution is 0.365. The molecule has 0 radical (unpaired) electrons. The van der Waals surface area contributed by atoms with Gasteiger partial charge in [0.05, 0.1) is 6.67 Å². The summed E-state index contributed by atoms with van der Waals surface area (Å²) in [4.78, 5) is 31.3. The summed E-state index contributed by atoms with van der Waals surface area (Å²) in [5, 5.41) is 3.05. The first-order valence-electron chi connectivity index (χ1n) is 5.55. The van der Waals surface area contributed by atoms with Crippen LogP contribution in [-0.2, 0) is 0 Å². The molecule has 2 N–H and O–H groups in total. The topological polar surface area (TPSA) is 82.5 Å². The van der Waals surface area contributed by atoms with Gasteiger partial charge in [0, 0.05) is 30.7 Å². The molecule has 0 spiro atoms. The Balaban J connectivity index is 2.43. The molecule has 1 aliphatic heterocycles. The Hall–Kier alpha value is -2.15. The fraction of sp³-hybridized carbons (Fsp3) is 0.364. The highest BCUT2D eigenvalue weighted by molar-refractivity contribution is 5.87. The molecule has 96 valence electrons. The third-order valence-corrected chi connectivity index (χ3v) is 2.47. The predicted octanol–water partition coefficient (Wildman–Crippen LogP) is -0.754. The SMILES string of the molecule is CC1=N/C(n2ccc(=O)[nH]c2=O)=C\NCN(C)C1. The highest BCUT2D eigenvalue weighted by atomic mass is 16.2. The van der Waals surface area contributed by atoms with Crippen LogP contribution in [0.15, 0.2) is 33.0 Å². The molecule has 7 heteroatoms. The van der Waals surface area contributed by atoms with Crippen molar-refractivity contribution in [2.75, 3.05) is 20.3 Å². The lowest BCUT2D eigenvalue weighted by Gasteiger charge is -2.19. The zero-order valence-electron chi connectivity index (χ0n) is 10.3. The first kappa shape index (κ1) is 12.3. The molecule has 0 saturated carbocycles. The minimum absolute atomic E-state index is 0.420. The molecule has 0 aromatic carbocycles. The van der Waals surface area contributed by atoms with Crippen molar-refractivity contribution in [3.05, 3.63) is 39.3 Å². The summed E-state index contributed by atoms with van der Waals surface area (Å²) < 4.78 is 1.29. The van der Waals surface area contributed by atoms with E-state index in [1.54, 1.807) is 6.20 Å². The monoisotopic (exact) mass is 249 g/mol. The van der Waals surface area contributed by atoms with Crippen molar-refractivity contribution in [2.45, 2.75) is 6.92 Å². The molecular formula is C11H15N5O2. The molecular weight excluding hydrogens is 234 g/mol. The largest absolute Gasteiger partial charge is 0.375 e. The summed E-state index contributed by atoms with van der Waals surface area (Å²) in [6, 6.07) is 1.29. The number of nitrogens with one attached hydrogen (secondary N) is 2. The number of aromatic amines is 1. The number of aromatic nitrogens is 2. The van der Waals surface area contributed by atoms with Crippen molar-refractivity contribution in [1.29, 1.82) is 0 Å². The Morgan fingerprint density at radius 2 is 2.17 bits per heavy atom. The summed E-state index contributed by atoms with van der Waals surface area (Å²) in [5.41, 5.74) is -0.0273. The maximum absolute atomic E-state index is 11.7. The fourth-order valence-corrected chi connectivity index (χ4v) is 1.72. The van der Waals surface area contributed by atoms with Crippen LogP contribution in [0.2, 0.25) is 0 Å². The van der Waals surface area contributed by atoms with E-state index in [-0.39, 0.29) is 0 Å². The zero-order valence-corrected chi connectivity index (χ0v) is 10.3. The van der Waals surface area contributed by atoms with E-state index in [4.69, 9.17) is 0 Å². The summed E-state index contributed by atoms with van der Waals surface area (Å²) in [7, 11) is 1.97. The van der Waals surface area contributed by atoms with E-state index >= 15 is 0 Å². The third-order valence-electron chi connectivity index (χ3n) is 2.47. The van der Waals surface area contributed by atoms with Crippen LogP contribution in [0.3, 0.4) is 0 Å². The molecule has 1 aromatic rings. The van der Waals surface area contributed by atoms with E-state index in [0.717, 1.165) is 5.71 Å². The van der Waals surface area contributed by atoms with Gasteiger partial charge in [-0.25, -0.2) is 9.79 Å². The molecule has 0 saturated heterocycles. The van der Waals surface area contributed by atoms with Gasteiger partial charge in [-0.1, -0.05) is 0 Å². The molecule has 1 aromatic heterocycles. The smallest absolute Gasteiger partial charge is 0.334 e. The van der Waals surface area contributed by atoms with Gasteiger partial charge in [0.2, 0.25) is 0 Å². The first-order chi connectivity index (χ1) is 8.56. The maximum atomic E-state index is 11.7. The van der Waals surface area contributed by atoms with Gasteiger partial charge in [-0.3, -0.25) is 19.2 Å². The summed E-state index contributed by atoms with van der Waals surface area (Å²) in [5.74, 6) is 0.460. The van der Waals surface area contributed by atoms with Crippen LogP contribution in [0.4, 0.5) is 0 Å². The van der Waals surface area contributed by atoms with Crippen LogP contribution in [0.5, 0.6) is 0 Å². The lowest BCUT2D eigenvalue weighted by atomic mass is 10.4. The molecule has 0 atom stereocenters. The van der Waals surface area contributed by atoms with Crippen LogP contribution in [-0.4, -0.2) is 40.4 Å². The molecule has 2 rings (SSSR count). The molecule has 0 bridgehead atoms. The summed E-state index contributed by atoms with van der Waals surface area (Å²) in [6.45, 7) is 3.27. The molecule has 0 fully saturated rings. The predicted molar refractivity (Wildman–Crippen MR) is 69.3 cm³/mol. The molecule has 0 unspecified atom stereocenters. The molecule has 7 nitrogen and oxygen atoms in total. The van der Waals surface area contributed by atoms with Gasteiger partial charge in [0.25, 0.3) is 5.56 Å². The first-order valence-corrected chi connectivity index (χ1v) is 5.55. The Labute approximate surface area is 103 Å². The minimum Gasteiger partial charge on any atom is -0.375 e. The van der Waals surface area contributed by atoms with Gasteiger partial charge in [-0.05, 0) is 14.0 Å². The maximum Gasteiger partial charge on any atom is 0.334 e. The number of hydrogen-bond acceptors (Lipinski definition) is 5. The van der Waals surface area contributed by atoms with Gasteiger partial charge in [0.15, 0.2) is 5.82 Å². The van der Waals surface area contributed by atoms with Crippen molar-refractivity contribution >= 4 is 11.5 Å². The number of rotatable bonds is 1. The van der Waals surface area contributed by atoms with Crippen LogP contribution in [0, 0.1) is 0 Å². The Morgan fingerprint density at radius 1 is 1.39 bits per heavy atom. The molecule has 0 aliphatic carbocycles. The van der Waals surface area contributed by atoms with Crippen LogP contribution >= 0.6 is 0 Å². The molecule has 1 aliphatic rings. The van der Waals surface area contributed by atoms with E-state index in [1.165, 1.54) is 16.8 Å². The number of nitrogens with zero attached hydrogens (tertiary/aromatic N) is 3. The second-order valence-corrected chi connectivity index (χ2v) is 4.21. The van der Waals surface area contributed by atoms with E-state index in [0.29, 0.717) is 19.0 Å². The number of hydrogen-bond donors (Lipinski definition) is 2. The zero-order chi connectivity index (χ0) is 13.1. The van der Waals surface area contributed by atoms with Gasteiger partial charge in [-0.2, -0.15) is 0 Å². The van der Waals surface area contributed by atoms with Crippen molar-refractivity contribution in [2.24, 2.45) is 4.99 Å². The van der Waals surface area contributed by atoms with Crippen LogP contribution < -0.4 is 16.6 Å². The Kier molecular flexibility index (Phi) is 3.42. The normalized spacial score (nSPS) is 20.1. The van der Waals surface area contributed by atoms with Crippen molar-refractivity contribution in [1.82, 2.24) is 19.8 Å². The second kappa shape index (κ2) is 5.01. The van der Waals surface area contributed by atoms with E-state index < -0.39 is 11.2 Å². The van der Waals surface area contributed by atoms with E-state index in [9.17, 15) is 9.59 Å². The molecule has 0 amide bonds. The van der Waals surface area contributed by atoms with Crippen molar-refractivity contribution in [3.8, 4) is 0 Å². The summed E-state index contributed by atoms with van der Waals surface area (Å²) in [6.07, 6.45) is 3.07. The third kappa shape index (κ3) is 2.75. The minimum atomic E-state index is -0.499. The fourth-order valence-electron chi connectivity index (χ4n) is 1.72. The van der Waals surface area contributed by atoms with Gasteiger partial charge < -0.3 is 5.32 Å². The van der Waals surface area contributed by atoms with E-state index in [2.05, 4.69) is 20.2 Å². The van der Waals surface area contributed by atoms with Gasteiger partial charge >= 0.3 is 5.69 Å². The van der Waals surface area contributed by atoms with Crippen molar-refractivity contribution in [3.63, 3.8) is 0 Å².